The summed E-state index contributed by atoms with van der Waals surface area (Å²) in [5.74, 6) is 0. The van der Waals surface area contributed by atoms with Gasteiger partial charge >= 0.3 is 14.8 Å². The summed E-state index contributed by atoms with van der Waals surface area (Å²) in [7, 11) is 0.242. The molecule has 0 rings (SSSR count). The van der Waals surface area contributed by atoms with Crippen molar-refractivity contribution in [1.82, 2.24) is 5.32 Å². The van der Waals surface area contributed by atoms with Crippen LogP contribution in [0.5, 0.6) is 0 Å². The highest BCUT2D eigenvalue weighted by atomic mass is 28.4. The highest BCUT2D eigenvalue weighted by Crippen LogP contribution is 2.05. The number of nitrogens with two attached hydrogens (primary N) is 1. The van der Waals surface area contributed by atoms with Crippen LogP contribution in [-0.4, -0.2) is 41.8 Å². The smallest absolute Gasteiger partial charge is 0.376 e. The monoisotopic (exact) mass is 208 g/mol. The van der Waals surface area contributed by atoms with E-state index in [1.54, 1.807) is 0 Å². The highest BCUT2D eigenvalue weighted by Gasteiger charge is 2.38. The van der Waals surface area contributed by atoms with Crippen molar-refractivity contribution in [3.05, 3.63) is 0 Å². The van der Waals surface area contributed by atoms with Crippen molar-refractivity contribution in [2.75, 3.05) is 27.0 Å². The van der Waals surface area contributed by atoms with E-state index >= 15 is 0 Å². The molecule has 0 bridgehead atoms. The molecular formula is C6H16N2O4Si. The van der Waals surface area contributed by atoms with Crippen molar-refractivity contribution < 1.29 is 18.1 Å². The van der Waals surface area contributed by atoms with Crippen molar-refractivity contribution in [2.45, 2.75) is 6.92 Å². The fraction of sp³-hybridized carbons (Fsp3) is 0.833. The molecule has 2 amide bonds. The van der Waals surface area contributed by atoms with Gasteiger partial charge in [0.25, 0.3) is 0 Å². The first kappa shape index (κ1) is 12.4. The maximum atomic E-state index is 10.4. The van der Waals surface area contributed by atoms with E-state index in [1.165, 1.54) is 14.2 Å². The van der Waals surface area contributed by atoms with Crippen LogP contribution < -0.4 is 11.1 Å². The lowest BCUT2D eigenvalue weighted by molar-refractivity contribution is 0.103. The number of carbonyl (C=O) groups is 1. The highest BCUT2D eigenvalue weighted by molar-refractivity contribution is 6.61. The first-order chi connectivity index (χ1) is 6.10. The predicted octanol–water partition coefficient (Wildman–Crippen LogP) is -0.538. The normalized spacial score (nSPS) is 11.3. The Bertz CT molecular complexity index is 163. The van der Waals surface area contributed by atoms with Gasteiger partial charge in [0.05, 0.1) is 6.17 Å². The molecule has 6 nitrogen and oxygen atoms in total. The molecule has 3 N–H and O–H groups in total. The molecule has 13 heavy (non-hydrogen) atoms. The van der Waals surface area contributed by atoms with E-state index in [1.807, 2.05) is 6.92 Å². The van der Waals surface area contributed by atoms with Gasteiger partial charge in [0.1, 0.15) is 0 Å². The standard InChI is InChI=1S/C6H16N2O4Si/c1-4-12-13(10-2,11-3)5-8-6(7)9/h4-5H2,1-3H3,(H3,7,8,9). The van der Waals surface area contributed by atoms with Gasteiger partial charge in [-0.05, 0) is 6.92 Å². The molecule has 0 aliphatic heterocycles. The summed E-state index contributed by atoms with van der Waals surface area (Å²) in [5.41, 5.74) is 4.91. The Hall–Kier alpha value is -0.633. The number of amides is 2. The van der Waals surface area contributed by atoms with Gasteiger partial charge in [-0.15, -0.1) is 0 Å². The molecule has 0 aliphatic carbocycles. The lowest BCUT2D eigenvalue weighted by Crippen LogP contribution is -2.54. The average Bonchev–Trinajstić information content (AvgIpc) is 2.12. The van der Waals surface area contributed by atoms with E-state index in [2.05, 4.69) is 5.32 Å². The molecule has 0 aliphatic rings. The summed E-state index contributed by atoms with van der Waals surface area (Å²) in [4.78, 5) is 10.4. The molecule has 0 fully saturated rings. The third kappa shape index (κ3) is 4.22. The summed E-state index contributed by atoms with van der Waals surface area (Å²) in [5, 5.41) is 2.40. The Morgan fingerprint density at radius 1 is 1.46 bits per heavy atom. The van der Waals surface area contributed by atoms with Crippen LogP contribution in [-0.2, 0) is 13.3 Å². The Balaban J connectivity index is 4.12. The Morgan fingerprint density at radius 3 is 2.31 bits per heavy atom. The molecule has 0 aromatic heterocycles. The summed E-state index contributed by atoms with van der Waals surface area (Å²) in [6.45, 7) is 2.29. The first-order valence-corrected chi connectivity index (χ1v) is 5.81. The van der Waals surface area contributed by atoms with E-state index in [9.17, 15) is 4.79 Å². The average molecular weight is 208 g/mol. The van der Waals surface area contributed by atoms with Crippen molar-refractivity contribution in [3.63, 3.8) is 0 Å². The molecular weight excluding hydrogens is 192 g/mol. The van der Waals surface area contributed by atoms with Crippen molar-refractivity contribution in [1.29, 1.82) is 0 Å². The summed E-state index contributed by atoms with van der Waals surface area (Å²) >= 11 is 0. The van der Waals surface area contributed by atoms with Crippen LogP contribution in [0.4, 0.5) is 4.79 Å². The largest absolute Gasteiger partial charge is 0.520 e. The van der Waals surface area contributed by atoms with Gasteiger partial charge in [0.15, 0.2) is 0 Å². The van der Waals surface area contributed by atoms with E-state index in [-0.39, 0.29) is 6.17 Å². The van der Waals surface area contributed by atoms with Crippen LogP contribution in [0, 0.1) is 0 Å². The van der Waals surface area contributed by atoms with Crippen LogP contribution in [0.1, 0.15) is 6.92 Å². The first-order valence-electron chi connectivity index (χ1n) is 3.87. The zero-order chi connectivity index (χ0) is 10.3. The SMILES string of the molecule is CCO[Si](CNC(N)=O)(OC)OC. The van der Waals surface area contributed by atoms with Gasteiger partial charge in [0, 0.05) is 20.8 Å². The van der Waals surface area contributed by atoms with Crippen LogP contribution in [0.2, 0.25) is 0 Å². The number of primary amides is 1. The zero-order valence-corrected chi connectivity index (χ0v) is 9.12. The molecule has 78 valence electrons. The molecule has 7 heteroatoms. The molecule has 0 saturated carbocycles. The zero-order valence-electron chi connectivity index (χ0n) is 8.12. The minimum atomic E-state index is -2.72. The third-order valence-electron chi connectivity index (χ3n) is 1.47. The fourth-order valence-corrected chi connectivity index (χ4v) is 2.44. The topological polar surface area (TPSA) is 82.8 Å². The Kier molecular flexibility index (Phi) is 5.63. The lowest BCUT2D eigenvalue weighted by atomic mass is 10.9. The molecule has 0 aromatic carbocycles. The number of urea groups is 1. The predicted molar refractivity (Wildman–Crippen MR) is 49.0 cm³/mol. The van der Waals surface area contributed by atoms with Gasteiger partial charge in [-0.3, -0.25) is 0 Å². The Morgan fingerprint density at radius 2 is 2.00 bits per heavy atom. The van der Waals surface area contributed by atoms with Gasteiger partial charge in [0.2, 0.25) is 0 Å². The number of rotatable bonds is 6. The molecule has 0 spiro atoms. The quantitative estimate of drug-likeness (QED) is 0.574. The molecule has 0 aromatic rings. The second-order valence-corrected chi connectivity index (χ2v) is 5.07. The van der Waals surface area contributed by atoms with Gasteiger partial charge < -0.3 is 24.3 Å². The summed E-state index contributed by atoms with van der Waals surface area (Å²) in [6.07, 6.45) is 0.184. The summed E-state index contributed by atoms with van der Waals surface area (Å²) in [6, 6.07) is -0.620. The lowest BCUT2D eigenvalue weighted by Gasteiger charge is -2.25. The second-order valence-electron chi connectivity index (χ2n) is 2.24. The van der Waals surface area contributed by atoms with Gasteiger partial charge in [-0.25, -0.2) is 4.79 Å². The number of hydrogen-bond acceptors (Lipinski definition) is 4. The molecule has 0 saturated heterocycles. The minimum Gasteiger partial charge on any atom is -0.376 e. The molecule has 0 heterocycles. The molecule has 0 radical (unpaired) electrons. The van der Waals surface area contributed by atoms with Crippen LogP contribution in [0.15, 0.2) is 0 Å². The van der Waals surface area contributed by atoms with E-state index in [4.69, 9.17) is 19.0 Å². The van der Waals surface area contributed by atoms with Gasteiger partial charge in [-0.2, -0.15) is 0 Å². The number of carbonyl (C=O) groups excluding carboxylic acids is 1. The van der Waals surface area contributed by atoms with Crippen molar-refractivity contribution in [2.24, 2.45) is 5.73 Å². The maximum Gasteiger partial charge on any atom is 0.520 e. The van der Waals surface area contributed by atoms with Crippen LogP contribution in [0.25, 0.3) is 0 Å². The van der Waals surface area contributed by atoms with Gasteiger partial charge in [-0.1, -0.05) is 0 Å². The fourth-order valence-electron chi connectivity index (χ4n) is 0.812. The molecule has 0 unspecified atom stereocenters. The summed E-state index contributed by atoms with van der Waals surface area (Å²) < 4.78 is 15.5. The van der Waals surface area contributed by atoms with Crippen molar-refractivity contribution in [3.8, 4) is 0 Å². The molecule has 0 atom stereocenters. The van der Waals surface area contributed by atoms with E-state index in [0.717, 1.165) is 0 Å². The second kappa shape index (κ2) is 5.92. The van der Waals surface area contributed by atoms with Crippen molar-refractivity contribution >= 4 is 14.8 Å². The van der Waals surface area contributed by atoms with Crippen LogP contribution >= 0.6 is 0 Å². The number of hydrogen-bond donors (Lipinski definition) is 2. The minimum absolute atomic E-state index is 0.184. The van der Waals surface area contributed by atoms with E-state index < -0.39 is 14.8 Å². The third-order valence-corrected chi connectivity index (χ3v) is 4.05. The van der Waals surface area contributed by atoms with Crippen LogP contribution in [0.3, 0.4) is 0 Å². The van der Waals surface area contributed by atoms with E-state index in [0.29, 0.717) is 6.61 Å². The Labute approximate surface area is 78.7 Å². The number of nitrogens with one attached hydrogen (secondary N) is 1. The maximum absolute atomic E-state index is 10.4.